The van der Waals surface area contributed by atoms with Crippen LogP contribution in [-0.2, 0) is 17.6 Å². The van der Waals surface area contributed by atoms with E-state index in [2.05, 4.69) is 41.9 Å². The number of para-hydroxylation sites is 1. The van der Waals surface area contributed by atoms with Crippen molar-refractivity contribution in [3.8, 4) is 0 Å². The molecule has 1 aromatic heterocycles. The summed E-state index contributed by atoms with van der Waals surface area (Å²) in [6.07, 6.45) is 3.57. The molecule has 1 unspecified atom stereocenters. The number of fused-ring (bicyclic) bond motifs is 1. The molecular formula is C17H19NOS. The van der Waals surface area contributed by atoms with Crippen LogP contribution in [-0.4, -0.2) is 11.9 Å². The minimum atomic E-state index is 0.246. The Morgan fingerprint density at radius 1 is 1.35 bits per heavy atom. The number of rotatable bonds is 3. The van der Waals surface area contributed by atoms with Crippen LogP contribution in [0.5, 0.6) is 0 Å². The van der Waals surface area contributed by atoms with Crippen molar-refractivity contribution in [2.45, 2.75) is 38.6 Å². The molecule has 1 atom stereocenters. The molecule has 0 bridgehead atoms. The number of anilines is 1. The van der Waals surface area contributed by atoms with E-state index in [9.17, 15) is 4.79 Å². The first-order valence-corrected chi connectivity index (χ1v) is 8.11. The van der Waals surface area contributed by atoms with E-state index in [1.165, 1.54) is 11.1 Å². The molecule has 20 heavy (non-hydrogen) atoms. The van der Waals surface area contributed by atoms with Crippen molar-refractivity contribution in [1.82, 2.24) is 0 Å². The van der Waals surface area contributed by atoms with Gasteiger partial charge in [-0.2, -0.15) is 11.3 Å². The summed E-state index contributed by atoms with van der Waals surface area (Å²) in [4.78, 5) is 14.6. The molecule has 1 aliphatic heterocycles. The van der Waals surface area contributed by atoms with Gasteiger partial charge in [0.05, 0.1) is 0 Å². The summed E-state index contributed by atoms with van der Waals surface area (Å²) in [5, 5.41) is 4.19. The molecule has 1 aliphatic rings. The van der Waals surface area contributed by atoms with Gasteiger partial charge >= 0.3 is 0 Å². The molecule has 0 saturated heterocycles. The first kappa shape index (κ1) is 13.4. The molecule has 0 radical (unpaired) electrons. The van der Waals surface area contributed by atoms with Crippen LogP contribution in [0, 0.1) is 0 Å². The lowest BCUT2D eigenvalue weighted by molar-refractivity contribution is -0.119. The lowest BCUT2D eigenvalue weighted by atomic mass is 9.96. The van der Waals surface area contributed by atoms with E-state index >= 15 is 0 Å². The minimum Gasteiger partial charge on any atom is -0.309 e. The summed E-state index contributed by atoms with van der Waals surface area (Å²) in [5.41, 5.74) is 3.68. The smallest absolute Gasteiger partial charge is 0.227 e. The highest BCUT2D eigenvalue weighted by Gasteiger charge is 2.27. The number of carbonyl (C=O) groups excluding carboxylic acids is 1. The maximum atomic E-state index is 12.6. The van der Waals surface area contributed by atoms with Gasteiger partial charge in [-0.1, -0.05) is 18.2 Å². The molecular weight excluding hydrogens is 266 g/mol. The zero-order valence-electron chi connectivity index (χ0n) is 11.7. The summed E-state index contributed by atoms with van der Waals surface area (Å²) in [6, 6.07) is 10.7. The monoisotopic (exact) mass is 285 g/mol. The fourth-order valence-corrected chi connectivity index (χ4v) is 3.58. The van der Waals surface area contributed by atoms with Crippen LogP contribution in [0.3, 0.4) is 0 Å². The zero-order valence-corrected chi connectivity index (χ0v) is 12.5. The average Bonchev–Trinajstić information content (AvgIpc) is 2.98. The summed E-state index contributed by atoms with van der Waals surface area (Å²) in [7, 11) is 0. The van der Waals surface area contributed by atoms with Crippen molar-refractivity contribution >= 4 is 22.9 Å². The lowest BCUT2D eigenvalue weighted by Crippen LogP contribution is -2.42. The second-order valence-corrected chi connectivity index (χ2v) is 6.19. The average molecular weight is 285 g/mol. The largest absolute Gasteiger partial charge is 0.309 e. The standard InChI is InChI=1S/C17H19NOS/c1-13-6-8-15-4-2-3-5-16(15)18(13)17(19)9-7-14-10-11-20-12-14/h2-5,10-13H,6-9H2,1H3. The predicted molar refractivity (Wildman–Crippen MR) is 84.4 cm³/mol. The minimum absolute atomic E-state index is 0.246. The normalized spacial score (nSPS) is 17.9. The molecule has 1 amide bonds. The van der Waals surface area contributed by atoms with E-state index in [0.29, 0.717) is 12.5 Å². The highest BCUT2D eigenvalue weighted by Crippen LogP contribution is 2.31. The van der Waals surface area contributed by atoms with E-state index in [1.54, 1.807) is 11.3 Å². The van der Waals surface area contributed by atoms with Crippen LogP contribution < -0.4 is 4.90 Å². The van der Waals surface area contributed by atoms with Crippen LogP contribution in [0.25, 0.3) is 0 Å². The highest BCUT2D eigenvalue weighted by molar-refractivity contribution is 7.07. The van der Waals surface area contributed by atoms with Crippen LogP contribution >= 0.6 is 11.3 Å². The SMILES string of the molecule is CC1CCc2ccccc2N1C(=O)CCc1ccsc1. The van der Waals surface area contributed by atoms with E-state index in [0.717, 1.165) is 24.9 Å². The Morgan fingerprint density at radius 3 is 3.00 bits per heavy atom. The number of benzene rings is 1. The zero-order chi connectivity index (χ0) is 13.9. The van der Waals surface area contributed by atoms with E-state index in [-0.39, 0.29) is 5.91 Å². The fraction of sp³-hybridized carbons (Fsp3) is 0.353. The summed E-state index contributed by atoms with van der Waals surface area (Å²) in [5.74, 6) is 0.246. The van der Waals surface area contributed by atoms with Crippen molar-refractivity contribution in [2.75, 3.05) is 4.90 Å². The Hall–Kier alpha value is -1.61. The number of hydrogen-bond donors (Lipinski definition) is 0. The Morgan fingerprint density at radius 2 is 2.20 bits per heavy atom. The van der Waals surface area contributed by atoms with Crippen molar-refractivity contribution in [1.29, 1.82) is 0 Å². The van der Waals surface area contributed by atoms with Gasteiger partial charge in [-0.15, -0.1) is 0 Å². The molecule has 3 heteroatoms. The Bertz CT molecular complexity index is 591. The molecule has 104 valence electrons. The molecule has 0 N–H and O–H groups in total. The second-order valence-electron chi connectivity index (χ2n) is 5.41. The van der Waals surface area contributed by atoms with Gasteiger partial charge in [-0.3, -0.25) is 4.79 Å². The quantitative estimate of drug-likeness (QED) is 0.833. The Balaban J connectivity index is 1.76. The molecule has 0 spiro atoms. The molecule has 0 saturated carbocycles. The molecule has 1 aromatic carbocycles. The number of aryl methyl sites for hydroxylation is 2. The number of nitrogens with zero attached hydrogens (tertiary/aromatic N) is 1. The summed E-state index contributed by atoms with van der Waals surface area (Å²) >= 11 is 1.69. The lowest BCUT2D eigenvalue weighted by Gasteiger charge is -2.35. The number of amides is 1. The van der Waals surface area contributed by atoms with Crippen LogP contribution in [0.4, 0.5) is 5.69 Å². The summed E-state index contributed by atoms with van der Waals surface area (Å²) < 4.78 is 0. The van der Waals surface area contributed by atoms with Gasteiger partial charge in [0.2, 0.25) is 5.91 Å². The van der Waals surface area contributed by atoms with Gasteiger partial charge in [-0.05, 0) is 60.2 Å². The molecule has 2 heterocycles. The first-order valence-electron chi connectivity index (χ1n) is 7.17. The maximum absolute atomic E-state index is 12.6. The summed E-state index contributed by atoms with van der Waals surface area (Å²) in [6.45, 7) is 2.15. The van der Waals surface area contributed by atoms with Crippen molar-refractivity contribution in [3.63, 3.8) is 0 Å². The van der Waals surface area contributed by atoms with E-state index in [4.69, 9.17) is 0 Å². The van der Waals surface area contributed by atoms with Gasteiger partial charge in [0.15, 0.2) is 0 Å². The number of carbonyl (C=O) groups is 1. The van der Waals surface area contributed by atoms with Crippen LogP contribution in [0.15, 0.2) is 41.1 Å². The van der Waals surface area contributed by atoms with Crippen molar-refractivity contribution in [2.24, 2.45) is 0 Å². The third-order valence-corrected chi connectivity index (χ3v) is 4.73. The molecule has 2 nitrogen and oxygen atoms in total. The third-order valence-electron chi connectivity index (χ3n) is 4.00. The number of thiophene rings is 1. The van der Waals surface area contributed by atoms with Gasteiger partial charge in [0.1, 0.15) is 0 Å². The van der Waals surface area contributed by atoms with Crippen molar-refractivity contribution in [3.05, 3.63) is 52.2 Å². The first-order chi connectivity index (χ1) is 9.75. The van der Waals surface area contributed by atoms with Crippen molar-refractivity contribution < 1.29 is 4.79 Å². The van der Waals surface area contributed by atoms with E-state index < -0.39 is 0 Å². The fourth-order valence-electron chi connectivity index (χ4n) is 2.87. The maximum Gasteiger partial charge on any atom is 0.227 e. The predicted octanol–water partition coefficient (Wildman–Crippen LogP) is 4.05. The topological polar surface area (TPSA) is 20.3 Å². The van der Waals surface area contributed by atoms with Crippen LogP contribution in [0.2, 0.25) is 0 Å². The van der Waals surface area contributed by atoms with Crippen LogP contribution in [0.1, 0.15) is 30.9 Å². The van der Waals surface area contributed by atoms with Gasteiger partial charge in [0, 0.05) is 18.2 Å². The molecule has 2 aromatic rings. The molecule has 0 aliphatic carbocycles. The Labute approximate surface area is 124 Å². The molecule has 0 fully saturated rings. The Kier molecular flexibility index (Phi) is 3.88. The third kappa shape index (κ3) is 2.63. The van der Waals surface area contributed by atoms with Gasteiger partial charge in [0.25, 0.3) is 0 Å². The second kappa shape index (κ2) is 5.80. The number of hydrogen-bond acceptors (Lipinski definition) is 2. The highest BCUT2D eigenvalue weighted by atomic mass is 32.1. The van der Waals surface area contributed by atoms with Gasteiger partial charge < -0.3 is 4.90 Å². The van der Waals surface area contributed by atoms with E-state index in [1.807, 2.05) is 11.0 Å². The van der Waals surface area contributed by atoms with Gasteiger partial charge in [-0.25, -0.2) is 0 Å². The molecule has 3 rings (SSSR count).